The number of aryl methyl sites for hydroxylation is 1. The minimum absolute atomic E-state index is 0.541. The summed E-state index contributed by atoms with van der Waals surface area (Å²) in [6.45, 7) is 3.28. The van der Waals surface area contributed by atoms with Crippen molar-refractivity contribution in [2.24, 2.45) is 0 Å². The Labute approximate surface area is 161 Å². The van der Waals surface area contributed by atoms with Gasteiger partial charge in [0.1, 0.15) is 12.4 Å². The molecule has 1 N–H and O–H groups in total. The number of hydrogen-bond acceptors (Lipinski definition) is 2. The molecule has 3 aromatic rings. The van der Waals surface area contributed by atoms with E-state index in [-0.39, 0.29) is 0 Å². The smallest absolute Gasteiger partial charge is 0.124 e. The molecule has 0 fully saturated rings. The molecule has 128 valence electrons. The maximum absolute atomic E-state index is 6.17. The molecule has 0 heterocycles. The van der Waals surface area contributed by atoms with Gasteiger partial charge in [0.15, 0.2) is 0 Å². The third-order valence-electron chi connectivity index (χ3n) is 3.99. The second kappa shape index (κ2) is 8.41. The summed E-state index contributed by atoms with van der Waals surface area (Å²) in [7, 11) is 0. The first-order valence-corrected chi connectivity index (χ1v) is 9.24. The lowest BCUT2D eigenvalue weighted by atomic mass is 10.1. The highest BCUT2D eigenvalue weighted by molar-refractivity contribution is 9.10. The average Bonchev–Trinajstić information content (AvgIpc) is 2.62. The summed E-state index contributed by atoms with van der Waals surface area (Å²) in [5, 5.41) is 4.11. The molecule has 0 spiro atoms. The number of halogens is 2. The maximum atomic E-state index is 6.17. The van der Waals surface area contributed by atoms with E-state index < -0.39 is 0 Å². The van der Waals surface area contributed by atoms with Gasteiger partial charge in [0, 0.05) is 27.3 Å². The minimum Gasteiger partial charge on any atom is -0.489 e. The molecule has 0 unspecified atom stereocenters. The van der Waals surface area contributed by atoms with Crippen LogP contribution in [-0.2, 0) is 13.2 Å². The number of rotatable bonds is 6. The normalized spacial score (nSPS) is 10.5. The van der Waals surface area contributed by atoms with E-state index in [1.807, 2.05) is 54.6 Å². The van der Waals surface area contributed by atoms with Crippen LogP contribution in [0.5, 0.6) is 5.75 Å². The average molecular weight is 417 g/mol. The summed E-state index contributed by atoms with van der Waals surface area (Å²) in [6, 6.07) is 22.1. The van der Waals surface area contributed by atoms with Gasteiger partial charge in [-0.1, -0.05) is 51.8 Å². The first-order valence-electron chi connectivity index (χ1n) is 8.07. The van der Waals surface area contributed by atoms with Gasteiger partial charge in [0.2, 0.25) is 0 Å². The van der Waals surface area contributed by atoms with Gasteiger partial charge in [-0.05, 0) is 60.5 Å². The molecule has 25 heavy (non-hydrogen) atoms. The van der Waals surface area contributed by atoms with Crippen molar-refractivity contribution in [3.05, 3.63) is 92.9 Å². The lowest BCUT2D eigenvalue weighted by molar-refractivity contribution is 0.302. The predicted molar refractivity (Wildman–Crippen MR) is 108 cm³/mol. The molecule has 0 saturated carbocycles. The third kappa shape index (κ3) is 5.00. The van der Waals surface area contributed by atoms with Gasteiger partial charge in [0.25, 0.3) is 0 Å². The molecule has 3 aromatic carbocycles. The van der Waals surface area contributed by atoms with Crippen LogP contribution in [0.2, 0.25) is 5.02 Å². The predicted octanol–water partition coefficient (Wildman–Crippen LogP) is 6.60. The zero-order valence-corrected chi connectivity index (χ0v) is 16.3. The molecule has 0 aliphatic carbocycles. The Bertz CT molecular complexity index is 849. The van der Waals surface area contributed by atoms with E-state index in [2.05, 4.69) is 40.3 Å². The summed E-state index contributed by atoms with van der Waals surface area (Å²) in [5.41, 5.74) is 4.49. The Hall–Kier alpha value is -1.97. The van der Waals surface area contributed by atoms with Crippen molar-refractivity contribution in [2.75, 3.05) is 5.32 Å². The van der Waals surface area contributed by atoms with Crippen molar-refractivity contribution < 1.29 is 4.74 Å². The quantitative estimate of drug-likeness (QED) is 0.488. The summed E-state index contributed by atoms with van der Waals surface area (Å²) in [5.74, 6) is 0.845. The topological polar surface area (TPSA) is 21.3 Å². The molecule has 4 heteroatoms. The van der Waals surface area contributed by atoms with Crippen LogP contribution in [0.25, 0.3) is 0 Å². The van der Waals surface area contributed by atoms with Crippen molar-refractivity contribution in [3.8, 4) is 5.75 Å². The Kier molecular flexibility index (Phi) is 6.00. The minimum atomic E-state index is 0.541. The van der Waals surface area contributed by atoms with E-state index in [4.69, 9.17) is 16.3 Å². The molecule has 0 bridgehead atoms. The van der Waals surface area contributed by atoms with Crippen molar-refractivity contribution in [3.63, 3.8) is 0 Å². The first kappa shape index (κ1) is 17.8. The zero-order chi connectivity index (χ0) is 17.6. The molecule has 0 amide bonds. The van der Waals surface area contributed by atoms with Crippen LogP contribution < -0.4 is 10.1 Å². The van der Waals surface area contributed by atoms with E-state index >= 15 is 0 Å². The number of ether oxygens (including phenoxy) is 1. The standard InChI is InChI=1S/C21H19BrClNO/c1-15-4-2-3-5-16(15)14-25-21-11-8-19(23)12-17(21)13-24-20-9-6-18(22)7-10-20/h2-12,24H,13-14H2,1H3. The SMILES string of the molecule is Cc1ccccc1COc1ccc(Cl)cc1CNc1ccc(Br)cc1. The summed E-state index contributed by atoms with van der Waals surface area (Å²) in [6.07, 6.45) is 0. The lowest BCUT2D eigenvalue weighted by Crippen LogP contribution is -2.04. The second-order valence-electron chi connectivity index (χ2n) is 5.83. The number of hydrogen-bond donors (Lipinski definition) is 1. The molecule has 0 aliphatic rings. The van der Waals surface area contributed by atoms with E-state index in [9.17, 15) is 0 Å². The Morgan fingerprint density at radius 2 is 1.72 bits per heavy atom. The fourth-order valence-corrected chi connectivity index (χ4v) is 2.98. The molecule has 0 saturated heterocycles. The Morgan fingerprint density at radius 3 is 2.48 bits per heavy atom. The van der Waals surface area contributed by atoms with Gasteiger partial charge in [0.05, 0.1) is 0 Å². The number of nitrogens with one attached hydrogen (secondary N) is 1. The summed E-state index contributed by atoms with van der Waals surface area (Å²) >= 11 is 9.62. The highest BCUT2D eigenvalue weighted by Crippen LogP contribution is 2.25. The van der Waals surface area contributed by atoms with Gasteiger partial charge < -0.3 is 10.1 Å². The molecule has 0 aliphatic heterocycles. The van der Waals surface area contributed by atoms with Crippen LogP contribution in [-0.4, -0.2) is 0 Å². The van der Waals surface area contributed by atoms with Gasteiger partial charge in [-0.15, -0.1) is 0 Å². The van der Waals surface area contributed by atoms with E-state index in [1.54, 1.807) is 0 Å². The van der Waals surface area contributed by atoms with E-state index in [0.29, 0.717) is 18.2 Å². The molecular weight excluding hydrogens is 398 g/mol. The second-order valence-corrected chi connectivity index (χ2v) is 7.18. The molecule has 0 radical (unpaired) electrons. The summed E-state index contributed by atoms with van der Waals surface area (Å²) < 4.78 is 7.12. The lowest BCUT2D eigenvalue weighted by Gasteiger charge is -2.14. The fraction of sp³-hybridized carbons (Fsp3) is 0.143. The van der Waals surface area contributed by atoms with Crippen molar-refractivity contribution in [1.29, 1.82) is 0 Å². The monoisotopic (exact) mass is 415 g/mol. The fourth-order valence-electron chi connectivity index (χ4n) is 2.52. The van der Waals surface area contributed by atoms with Crippen LogP contribution in [0.1, 0.15) is 16.7 Å². The van der Waals surface area contributed by atoms with E-state index in [1.165, 1.54) is 11.1 Å². The van der Waals surface area contributed by atoms with Gasteiger partial charge >= 0.3 is 0 Å². The van der Waals surface area contributed by atoms with Crippen LogP contribution in [0.15, 0.2) is 71.2 Å². The summed E-state index contributed by atoms with van der Waals surface area (Å²) in [4.78, 5) is 0. The third-order valence-corrected chi connectivity index (χ3v) is 4.76. The van der Waals surface area contributed by atoms with Crippen LogP contribution in [0.3, 0.4) is 0 Å². The zero-order valence-electron chi connectivity index (χ0n) is 13.9. The maximum Gasteiger partial charge on any atom is 0.124 e. The van der Waals surface area contributed by atoms with Gasteiger partial charge in [-0.2, -0.15) is 0 Å². The molecular formula is C21H19BrClNO. The highest BCUT2D eigenvalue weighted by Gasteiger charge is 2.07. The molecule has 0 aromatic heterocycles. The Balaban J connectivity index is 1.71. The highest BCUT2D eigenvalue weighted by atomic mass is 79.9. The Morgan fingerprint density at radius 1 is 0.960 bits per heavy atom. The van der Waals surface area contributed by atoms with Gasteiger partial charge in [-0.3, -0.25) is 0 Å². The van der Waals surface area contributed by atoms with Crippen molar-refractivity contribution in [1.82, 2.24) is 0 Å². The van der Waals surface area contributed by atoms with Crippen LogP contribution in [0.4, 0.5) is 5.69 Å². The van der Waals surface area contributed by atoms with E-state index in [0.717, 1.165) is 21.5 Å². The molecule has 3 rings (SSSR count). The van der Waals surface area contributed by atoms with Crippen LogP contribution >= 0.6 is 27.5 Å². The molecule has 0 atom stereocenters. The van der Waals surface area contributed by atoms with Crippen LogP contribution in [0, 0.1) is 6.92 Å². The number of anilines is 1. The number of benzene rings is 3. The first-order chi connectivity index (χ1) is 12.1. The van der Waals surface area contributed by atoms with Crippen molar-refractivity contribution >= 4 is 33.2 Å². The van der Waals surface area contributed by atoms with Crippen molar-refractivity contribution in [2.45, 2.75) is 20.1 Å². The largest absolute Gasteiger partial charge is 0.489 e. The van der Waals surface area contributed by atoms with Gasteiger partial charge in [-0.25, -0.2) is 0 Å². The molecule has 2 nitrogen and oxygen atoms in total.